The molecule has 0 bridgehead atoms. The number of amides is 1. The second-order valence-electron chi connectivity index (χ2n) is 4.39. The maximum Gasteiger partial charge on any atom is 0.234 e. The second kappa shape index (κ2) is 6.79. The number of unbranched alkanes of at least 4 members (excludes halogenated alkanes) is 1. The van der Waals surface area contributed by atoms with Crippen LogP contribution in [0.4, 0.5) is 5.69 Å². The smallest absolute Gasteiger partial charge is 0.234 e. The highest BCUT2D eigenvalue weighted by molar-refractivity contribution is 6.01. The summed E-state index contributed by atoms with van der Waals surface area (Å²) >= 11 is 0. The van der Waals surface area contributed by atoms with Gasteiger partial charge in [-0.05, 0) is 31.0 Å². The van der Waals surface area contributed by atoms with Crippen LogP contribution in [0.5, 0.6) is 5.75 Å². The highest BCUT2D eigenvalue weighted by Gasteiger charge is 2.18. The van der Waals surface area contributed by atoms with Gasteiger partial charge in [-0.1, -0.05) is 25.8 Å². The first-order valence-electron chi connectivity index (χ1n) is 6.14. The Morgan fingerprint density at radius 2 is 2.22 bits per heavy atom. The lowest BCUT2D eigenvalue weighted by molar-refractivity contribution is -0.125. The molecule has 1 unspecified atom stereocenters. The van der Waals surface area contributed by atoms with Crippen LogP contribution < -0.4 is 5.32 Å². The van der Waals surface area contributed by atoms with E-state index in [9.17, 15) is 14.7 Å². The van der Waals surface area contributed by atoms with Crippen LogP contribution in [-0.2, 0) is 9.59 Å². The van der Waals surface area contributed by atoms with Crippen LogP contribution in [0.2, 0.25) is 0 Å². The number of phenolic OH excluding ortho intramolecular Hbond substituents is 1. The molecule has 0 saturated carbocycles. The van der Waals surface area contributed by atoms with Crippen LogP contribution in [-0.4, -0.2) is 17.3 Å². The molecule has 2 N–H and O–H groups in total. The largest absolute Gasteiger partial charge is 0.506 e. The molecular formula is C14H19NO3. The second-order valence-corrected chi connectivity index (χ2v) is 4.39. The molecule has 1 rings (SSSR count). The SMILES string of the molecule is CCCCC(C=O)C(=O)Nc1cc(C)ccc1O. The monoisotopic (exact) mass is 249 g/mol. The van der Waals surface area contributed by atoms with Gasteiger partial charge in [-0.15, -0.1) is 0 Å². The lowest BCUT2D eigenvalue weighted by Crippen LogP contribution is -2.24. The summed E-state index contributed by atoms with van der Waals surface area (Å²) in [6, 6.07) is 4.95. The highest BCUT2D eigenvalue weighted by Crippen LogP contribution is 2.24. The van der Waals surface area contributed by atoms with E-state index >= 15 is 0 Å². The van der Waals surface area contributed by atoms with Gasteiger partial charge in [0.05, 0.1) is 11.6 Å². The van der Waals surface area contributed by atoms with Crippen molar-refractivity contribution in [2.45, 2.75) is 33.1 Å². The van der Waals surface area contributed by atoms with E-state index in [0.29, 0.717) is 18.4 Å². The molecule has 0 radical (unpaired) electrons. The third kappa shape index (κ3) is 3.87. The minimum Gasteiger partial charge on any atom is -0.506 e. The van der Waals surface area contributed by atoms with Crippen LogP contribution in [0.25, 0.3) is 0 Å². The van der Waals surface area contributed by atoms with Crippen LogP contribution in [0, 0.1) is 12.8 Å². The van der Waals surface area contributed by atoms with E-state index in [1.807, 2.05) is 13.8 Å². The van der Waals surface area contributed by atoms with Gasteiger partial charge in [-0.3, -0.25) is 4.79 Å². The van der Waals surface area contributed by atoms with Crippen molar-refractivity contribution in [2.75, 3.05) is 5.32 Å². The molecule has 1 amide bonds. The summed E-state index contributed by atoms with van der Waals surface area (Å²) in [4.78, 5) is 22.7. The molecule has 0 heterocycles. The van der Waals surface area contributed by atoms with Gasteiger partial charge < -0.3 is 15.2 Å². The van der Waals surface area contributed by atoms with Crippen LogP contribution in [0.3, 0.4) is 0 Å². The van der Waals surface area contributed by atoms with Crippen LogP contribution in [0.15, 0.2) is 18.2 Å². The standard InChI is InChI=1S/C14H19NO3/c1-3-4-5-11(9-16)14(18)15-12-8-10(2)6-7-13(12)17/h6-9,11,17H,3-5H2,1-2H3,(H,15,18). The minimum atomic E-state index is -0.648. The van der Waals surface area contributed by atoms with Crippen molar-refractivity contribution < 1.29 is 14.7 Å². The number of aldehydes is 1. The number of aromatic hydroxyl groups is 1. The number of anilines is 1. The predicted molar refractivity (Wildman–Crippen MR) is 70.6 cm³/mol. The fourth-order valence-corrected chi connectivity index (χ4v) is 1.66. The summed E-state index contributed by atoms with van der Waals surface area (Å²) in [5.74, 6) is -1.00. The Kier molecular flexibility index (Phi) is 5.36. The van der Waals surface area contributed by atoms with Gasteiger partial charge >= 0.3 is 0 Å². The van der Waals surface area contributed by atoms with Crippen molar-refractivity contribution in [2.24, 2.45) is 5.92 Å². The Bertz CT molecular complexity index is 429. The van der Waals surface area contributed by atoms with E-state index in [1.165, 1.54) is 6.07 Å². The van der Waals surface area contributed by atoms with E-state index in [4.69, 9.17) is 0 Å². The molecule has 0 spiro atoms. The minimum absolute atomic E-state index is 0.00842. The molecule has 0 aliphatic carbocycles. The lowest BCUT2D eigenvalue weighted by Gasteiger charge is -2.12. The van der Waals surface area contributed by atoms with Gasteiger partial charge in [-0.25, -0.2) is 0 Å². The van der Waals surface area contributed by atoms with Crippen molar-refractivity contribution in [1.29, 1.82) is 0 Å². The maximum absolute atomic E-state index is 11.9. The molecule has 1 aromatic carbocycles. The first-order valence-corrected chi connectivity index (χ1v) is 6.14. The van der Waals surface area contributed by atoms with Gasteiger partial charge in [0, 0.05) is 0 Å². The number of rotatable bonds is 6. The lowest BCUT2D eigenvalue weighted by atomic mass is 10.0. The molecule has 0 aliphatic rings. The molecule has 18 heavy (non-hydrogen) atoms. The van der Waals surface area contributed by atoms with Crippen molar-refractivity contribution in [3.63, 3.8) is 0 Å². The molecule has 1 aromatic rings. The molecule has 98 valence electrons. The average Bonchev–Trinajstić information content (AvgIpc) is 2.35. The Hall–Kier alpha value is -1.84. The fourth-order valence-electron chi connectivity index (χ4n) is 1.66. The molecule has 0 aliphatic heterocycles. The number of hydrogen-bond acceptors (Lipinski definition) is 3. The maximum atomic E-state index is 11.9. The molecule has 4 heteroatoms. The number of aryl methyl sites for hydroxylation is 1. The van der Waals surface area contributed by atoms with Gasteiger partial charge in [0.15, 0.2) is 0 Å². The third-order valence-corrected chi connectivity index (χ3v) is 2.78. The summed E-state index contributed by atoms with van der Waals surface area (Å²) in [5, 5.41) is 12.2. The summed E-state index contributed by atoms with van der Waals surface area (Å²) in [6.07, 6.45) is 2.97. The number of benzene rings is 1. The third-order valence-electron chi connectivity index (χ3n) is 2.78. The van der Waals surface area contributed by atoms with Gasteiger partial charge in [0.25, 0.3) is 0 Å². The zero-order chi connectivity index (χ0) is 13.5. The quantitative estimate of drug-likeness (QED) is 0.462. The number of nitrogens with one attached hydrogen (secondary N) is 1. The van der Waals surface area contributed by atoms with E-state index < -0.39 is 5.92 Å². The van der Waals surface area contributed by atoms with Gasteiger partial charge in [-0.2, -0.15) is 0 Å². The molecule has 0 aromatic heterocycles. The Morgan fingerprint density at radius 1 is 1.50 bits per heavy atom. The number of hydrogen-bond donors (Lipinski definition) is 2. The summed E-state index contributed by atoms with van der Waals surface area (Å²) in [5.41, 5.74) is 1.28. The van der Waals surface area contributed by atoms with Crippen LogP contribution in [0.1, 0.15) is 31.7 Å². The van der Waals surface area contributed by atoms with Crippen molar-refractivity contribution in [3.8, 4) is 5.75 Å². The average molecular weight is 249 g/mol. The normalized spacial score (nSPS) is 11.9. The molecule has 0 saturated heterocycles. The topological polar surface area (TPSA) is 66.4 Å². The molecule has 0 fully saturated rings. The Balaban J connectivity index is 2.73. The van der Waals surface area contributed by atoms with Gasteiger partial charge in [0.1, 0.15) is 12.0 Å². The van der Waals surface area contributed by atoms with Crippen molar-refractivity contribution in [3.05, 3.63) is 23.8 Å². The summed E-state index contributed by atoms with van der Waals surface area (Å²) < 4.78 is 0. The molecule has 4 nitrogen and oxygen atoms in total. The van der Waals surface area contributed by atoms with Crippen LogP contribution >= 0.6 is 0 Å². The van der Waals surface area contributed by atoms with E-state index in [-0.39, 0.29) is 11.7 Å². The first-order chi connectivity index (χ1) is 8.58. The van der Waals surface area contributed by atoms with E-state index in [2.05, 4.69) is 5.32 Å². The molecule has 1 atom stereocenters. The Labute approximate surface area is 107 Å². The zero-order valence-corrected chi connectivity index (χ0v) is 10.8. The number of phenols is 1. The zero-order valence-electron chi connectivity index (χ0n) is 10.8. The Morgan fingerprint density at radius 3 is 2.83 bits per heavy atom. The molecular weight excluding hydrogens is 230 g/mol. The number of carbonyl (C=O) groups is 2. The summed E-state index contributed by atoms with van der Waals surface area (Å²) in [6.45, 7) is 3.87. The van der Waals surface area contributed by atoms with E-state index in [1.54, 1.807) is 12.1 Å². The van der Waals surface area contributed by atoms with Gasteiger partial charge in [0.2, 0.25) is 5.91 Å². The highest BCUT2D eigenvalue weighted by atomic mass is 16.3. The number of carbonyl (C=O) groups excluding carboxylic acids is 2. The van der Waals surface area contributed by atoms with E-state index in [0.717, 1.165) is 18.4 Å². The van der Waals surface area contributed by atoms with Crippen molar-refractivity contribution >= 4 is 17.9 Å². The fraction of sp³-hybridized carbons (Fsp3) is 0.429. The van der Waals surface area contributed by atoms with Crippen molar-refractivity contribution in [1.82, 2.24) is 0 Å². The summed E-state index contributed by atoms with van der Waals surface area (Å²) in [7, 11) is 0. The first kappa shape index (κ1) is 14.2. The predicted octanol–water partition coefficient (Wildman–Crippen LogP) is 2.64.